The smallest absolute Gasteiger partial charge is 0.320 e. The van der Waals surface area contributed by atoms with Crippen molar-refractivity contribution in [3.05, 3.63) is 84.3 Å². The number of hydrogen-bond acceptors (Lipinski definition) is 3. The van der Waals surface area contributed by atoms with E-state index < -0.39 is 12.0 Å². The first-order valence-corrected chi connectivity index (χ1v) is 8.91. The van der Waals surface area contributed by atoms with Crippen molar-refractivity contribution in [1.82, 2.24) is 4.90 Å². The zero-order valence-electron chi connectivity index (χ0n) is 14.4. The average Bonchev–Trinajstić information content (AvgIpc) is 3.36. The molecular formula is C22H21NO3. The first kappa shape index (κ1) is 16.6. The van der Waals surface area contributed by atoms with Crippen molar-refractivity contribution in [3.8, 4) is 11.1 Å². The molecule has 0 radical (unpaired) electrons. The minimum Gasteiger partial charge on any atom is -0.480 e. The molecule has 0 amide bonds. The number of rotatable bonds is 5. The van der Waals surface area contributed by atoms with Crippen LogP contribution in [0, 0.1) is 0 Å². The number of carboxylic acids is 1. The summed E-state index contributed by atoms with van der Waals surface area (Å²) < 4.78 is 5.67. The van der Waals surface area contributed by atoms with Crippen LogP contribution < -0.4 is 0 Å². The molecule has 1 aromatic heterocycles. The van der Waals surface area contributed by atoms with Crippen molar-refractivity contribution in [3.63, 3.8) is 0 Å². The number of hydrogen-bond donors (Lipinski definition) is 1. The van der Waals surface area contributed by atoms with Gasteiger partial charge in [0.25, 0.3) is 0 Å². The third-order valence-electron chi connectivity index (χ3n) is 5.06. The molecule has 0 aliphatic carbocycles. The third-order valence-corrected chi connectivity index (χ3v) is 5.06. The van der Waals surface area contributed by atoms with Crippen molar-refractivity contribution >= 4 is 5.97 Å². The van der Waals surface area contributed by atoms with Gasteiger partial charge in [-0.25, -0.2) is 0 Å². The second-order valence-corrected chi connectivity index (χ2v) is 6.64. The number of benzene rings is 2. The second kappa shape index (κ2) is 7.18. The van der Waals surface area contributed by atoms with Crippen molar-refractivity contribution in [2.24, 2.45) is 0 Å². The van der Waals surface area contributed by atoms with E-state index in [1.54, 1.807) is 6.26 Å². The van der Waals surface area contributed by atoms with Gasteiger partial charge in [-0.05, 0) is 41.7 Å². The van der Waals surface area contributed by atoms with Crippen molar-refractivity contribution in [2.75, 3.05) is 6.54 Å². The summed E-state index contributed by atoms with van der Waals surface area (Å²) in [6.07, 6.45) is 3.21. The Morgan fingerprint density at radius 2 is 1.73 bits per heavy atom. The number of likely N-dealkylation sites (tertiary alicyclic amines) is 1. The summed E-state index contributed by atoms with van der Waals surface area (Å²) in [4.78, 5) is 13.7. The third kappa shape index (κ3) is 3.16. The van der Waals surface area contributed by atoms with Gasteiger partial charge in [-0.2, -0.15) is 0 Å². The monoisotopic (exact) mass is 347 g/mol. The van der Waals surface area contributed by atoms with Crippen molar-refractivity contribution in [2.45, 2.75) is 24.9 Å². The Balaban J connectivity index is 1.70. The molecule has 1 fully saturated rings. The Bertz CT molecular complexity index is 856. The van der Waals surface area contributed by atoms with E-state index in [0.29, 0.717) is 6.42 Å². The fraction of sp³-hybridized carbons (Fsp3) is 0.227. The molecule has 0 bridgehead atoms. The van der Waals surface area contributed by atoms with Gasteiger partial charge in [0.1, 0.15) is 11.8 Å². The number of aliphatic carboxylic acids is 1. The standard InChI is InChI=1S/C22H21NO3/c24-22(25)19-8-4-14-23(19)21(20-9-5-15-26-20)18-12-10-17(11-13-18)16-6-2-1-3-7-16/h1-3,5-7,9-13,15,19,21H,4,8,14H2,(H,24,25). The summed E-state index contributed by atoms with van der Waals surface area (Å²) in [7, 11) is 0. The summed E-state index contributed by atoms with van der Waals surface area (Å²) in [6, 6.07) is 21.7. The maximum atomic E-state index is 11.7. The molecular weight excluding hydrogens is 326 g/mol. The Labute approximate surface area is 152 Å². The molecule has 0 saturated carbocycles. The van der Waals surface area contributed by atoms with Crippen LogP contribution in [0.3, 0.4) is 0 Å². The lowest BCUT2D eigenvalue weighted by Gasteiger charge is -2.30. The van der Waals surface area contributed by atoms with Crippen LogP contribution in [0.5, 0.6) is 0 Å². The largest absolute Gasteiger partial charge is 0.480 e. The van der Waals surface area contributed by atoms with E-state index in [1.807, 2.05) is 35.2 Å². The topological polar surface area (TPSA) is 53.7 Å². The molecule has 1 aliphatic rings. The molecule has 2 aromatic carbocycles. The van der Waals surface area contributed by atoms with Crippen LogP contribution >= 0.6 is 0 Å². The van der Waals surface area contributed by atoms with E-state index in [2.05, 4.69) is 36.4 Å². The minimum absolute atomic E-state index is 0.182. The van der Waals surface area contributed by atoms with E-state index in [0.717, 1.165) is 35.4 Å². The maximum Gasteiger partial charge on any atom is 0.320 e. The van der Waals surface area contributed by atoms with E-state index >= 15 is 0 Å². The van der Waals surface area contributed by atoms with Gasteiger partial charge in [0.2, 0.25) is 0 Å². The summed E-state index contributed by atoms with van der Waals surface area (Å²) in [5.74, 6) is 0.0190. The number of carbonyl (C=O) groups is 1. The van der Waals surface area contributed by atoms with E-state index in [9.17, 15) is 9.90 Å². The quantitative estimate of drug-likeness (QED) is 0.734. The predicted octanol–water partition coefficient (Wildman–Crippen LogP) is 4.59. The van der Waals surface area contributed by atoms with Crippen molar-refractivity contribution in [1.29, 1.82) is 0 Å². The summed E-state index contributed by atoms with van der Waals surface area (Å²) in [5, 5.41) is 9.60. The number of furan rings is 1. The molecule has 2 heterocycles. The van der Waals surface area contributed by atoms with Gasteiger partial charge in [-0.1, -0.05) is 54.6 Å². The average molecular weight is 347 g/mol. The first-order chi connectivity index (χ1) is 12.7. The lowest BCUT2D eigenvalue weighted by molar-refractivity contribution is -0.142. The number of nitrogens with zero attached hydrogens (tertiary/aromatic N) is 1. The van der Waals surface area contributed by atoms with Gasteiger partial charge in [-0.15, -0.1) is 0 Å². The molecule has 0 spiro atoms. The Morgan fingerprint density at radius 1 is 1.00 bits per heavy atom. The van der Waals surface area contributed by atoms with E-state index in [1.165, 1.54) is 0 Å². The molecule has 3 aromatic rings. The first-order valence-electron chi connectivity index (χ1n) is 8.91. The lowest BCUT2D eigenvalue weighted by Crippen LogP contribution is -2.39. The molecule has 1 saturated heterocycles. The van der Waals surface area contributed by atoms with Crippen LogP contribution in [0.4, 0.5) is 0 Å². The van der Waals surface area contributed by atoms with Gasteiger partial charge < -0.3 is 9.52 Å². The van der Waals surface area contributed by atoms with Crippen LogP contribution in [-0.4, -0.2) is 28.6 Å². The molecule has 132 valence electrons. The van der Waals surface area contributed by atoms with Crippen LogP contribution in [0.25, 0.3) is 11.1 Å². The van der Waals surface area contributed by atoms with Crippen LogP contribution in [0.2, 0.25) is 0 Å². The van der Waals surface area contributed by atoms with Gasteiger partial charge in [0.15, 0.2) is 0 Å². The molecule has 4 heteroatoms. The van der Waals surface area contributed by atoms with Gasteiger partial charge in [-0.3, -0.25) is 9.69 Å². The Kier molecular flexibility index (Phi) is 4.59. The minimum atomic E-state index is -0.764. The highest BCUT2D eigenvalue weighted by atomic mass is 16.4. The second-order valence-electron chi connectivity index (χ2n) is 6.64. The highest BCUT2D eigenvalue weighted by Gasteiger charge is 2.37. The zero-order valence-corrected chi connectivity index (χ0v) is 14.4. The fourth-order valence-corrected chi connectivity index (χ4v) is 3.82. The molecule has 1 aliphatic heterocycles. The molecule has 1 N–H and O–H groups in total. The fourth-order valence-electron chi connectivity index (χ4n) is 3.82. The summed E-state index contributed by atoms with van der Waals surface area (Å²) in [5.41, 5.74) is 3.36. The molecule has 4 rings (SSSR count). The van der Waals surface area contributed by atoms with Gasteiger partial charge in [0, 0.05) is 6.54 Å². The van der Waals surface area contributed by atoms with Gasteiger partial charge in [0.05, 0.1) is 12.3 Å². The van der Waals surface area contributed by atoms with Crippen LogP contribution in [-0.2, 0) is 4.79 Å². The Hall–Kier alpha value is -2.85. The number of carboxylic acid groups (broad SMARTS) is 1. The summed E-state index contributed by atoms with van der Waals surface area (Å²) >= 11 is 0. The van der Waals surface area contributed by atoms with E-state index in [-0.39, 0.29) is 6.04 Å². The lowest BCUT2D eigenvalue weighted by atomic mass is 9.98. The zero-order chi connectivity index (χ0) is 17.9. The molecule has 4 nitrogen and oxygen atoms in total. The molecule has 2 atom stereocenters. The van der Waals surface area contributed by atoms with Crippen LogP contribution in [0.15, 0.2) is 77.4 Å². The highest BCUT2D eigenvalue weighted by Crippen LogP contribution is 2.36. The maximum absolute atomic E-state index is 11.7. The molecule has 2 unspecified atom stereocenters. The SMILES string of the molecule is O=C(O)C1CCCN1C(c1ccc(-c2ccccc2)cc1)c1ccco1. The normalized spacial score (nSPS) is 18.7. The van der Waals surface area contributed by atoms with Crippen molar-refractivity contribution < 1.29 is 14.3 Å². The van der Waals surface area contributed by atoms with E-state index in [4.69, 9.17) is 4.42 Å². The highest BCUT2D eigenvalue weighted by molar-refractivity contribution is 5.74. The van der Waals surface area contributed by atoms with Gasteiger partial charge >= 0.3 is 5.97 Å². The predicted molar refractivity (Wildman–Crippen MR) is 99.8 cm³/mol. The summed E-state index contributed by atoms with van der Waals surface area (Å²) in [6.45, 7) is 0.753. The molecule has 26 heavy (non-hydrogen) atoms. The van der Waals surface area contributed by atoms with Crippen LogP contribution in [0.1, 0.15) is 30.2 Å². The Morgan fingerprint density at radius 3 is 2.38 bits per heavy atom.